The fraction of sp³-hybridized carbons (Fsp3) is 0.250. The lowest BCUT2D eigenvalue weighted by Gasteiger charge is -2.11. The number of hydrogen-bond donors (Lipinski definition) is 2. The quantitative estimate of drug-likeness (QED) is 0.812. The minimum absolute atomic E-state index is 0.0282. The van der Waals surface area contributed by atoms with Crippen molar-refractivity contribution in [3.8, 4) is 0 Å². The van der Waals surface area contributed by atoms with E-state index in [-0.39, 0.29) is 17.9 Å². The molecule has 2 rings (SSSR count). The number of carbonyl (C=O) groups is 1. The predicted octanol–water partition coefficient (Wildman–Crippen LogP) is 2.84. The highest BCUT2D eigenvalue weighted by atomic mass is 35.5. The van der Waals surface area contributed by atoms with Gasteiger partial charge in [-0.3, -0.25) is 4.79 Å². The number of anilines is 1. The zero-order valence-corrected chi connectivity index (χ0v) is 10.5. The van der Waals surface area contributed by atoms with Gasteiger partial charge >= 0.3 is 0 Å². The average Bonchev–Trinajstić information content (AvgIpc) is 2.70. The van der Waals surface area contributed by atoms with Crippen LogP contribution in [0.4, 0.5) is 5.69 Å². The van der Waals surface area contributed by atoms with Gasteiger partial charge in [-0.2, -0.15) is 0 Å². The Labute approximate surface area is 110 Å². The van der Waals surface area contributed by atoms with Gasteiger partial charge in [0, 0.05) is 11.7 Å². The van der Waals surface area contributed by atoms with Gasteiger partial charge in [0.1, 0.15) is 0 Å². The van der Waals surface area contributed by atoms with E-state index in [2.05, 4.69) is 5.32 Å². The Bertz CT molecular complexity index is 474. The molecule has 0 saturated heterocycles. The molecular formula is C12H12Cl2N2O. The number of benzene rings is 1. The normalized spacial score (nSPS) is 22.8. The van der Waals surface area contributed by atoms with Crippen LogP contribution in [0.25, 0.3) is 0 Å². The van der Waals surface area contributed by atoms with E-state index in [0.29, 0.717) is 22.2 Å². The predicted molar refractivity (Wildman–Crippen MR) is 70.3 cm³/mol. The molecule has 0 fully saturated rings. The standard InChI is InChI=1S/C12H12Cl2N2O/c13-10-4-3-9(6-11(10)14)16-12(17)7-1-2-8(15)5-7/h1-4,6-8H,5,15H2,(H,16,17). The fourth-order valence-corrected chi connectivity index (χ4v) is 2.03. The number of nitrogens with two attached hydrogens (primary N) is 1. The lowest BCUT2D eigenvalue weighted by Crippen LogP contribution is -2.23. The summed E-state index contributed by atoms with van der Waals surface area (Å²) < 4.78 is 0. The van der Waals surface area contributed by atoms with Gasteiger partial charge in [-0.1, -0.05) is 35.4 Å². The van der Waals surface area contributed by atoms with Crippen LogP contribution in [0, 0.1) is 5.92 Å². The first kappa shape index (κ1) is 12.4. The van der Waals surface area contributed by atoms with Gasteiger partial charge in [-0.25, -0.2) is 0 Å². The maximum absolute atomic E-state index is 11.9. The summed E-state index contributed by atoms with van der Waals surface area (Å²) in [4.78, 5) is 11.9. The summed E-state index contributed by atoms with van der Waals surface area (Å²) in [7, 11) is 0. The summed E-state index contributed by atoms with van der Waals surface area (Å²) in [5.41, 5.74) is 6.33. The van der Waals surface area contributed by atoms with Gasteiger partial charge in [0.2, 0.25) is 5.91 Å². The maximum atomic E-state index is 11.9. The van der Waals surface area contributed by atoms with Crippen LogP contribution in [-0.4, -0.2) is 11.9 Å². The molecule has 0 saturated carbocycles. The Morgan fingerprint density at radius 2 is 2.06 bits per heavy atom. The summed E-state index contributed by atoms with van der Waals surface area (Å²) in [6, 6.07) is 4.96. The average molecular weight is 271 g/mol. The fourth-order valence-electron chi connectivity index (χ4n) is 1.73. The van der Waals surface area contributed by atoms with E-state index in [1.165, 1.54) is 0 Å². The molecular weight excluding hydrogens is 259 g/mol. The molecule has 1 aromatic rings. The first-order chi connectivity index (χ1) is 8.06. The van der Waals surface area contributed by atoms with Gasteiger partial charge < -0.3 is 11.1 Å². The van der Waals surface area contributed by atoms with Gasteiger partial charge in [0.15, 0.2) is 0 Å². The van der Waals surface area contributed by atoms with Crippen LogP contribution in [0.2, 0.25) is 10.0 Å². The van der Waals surface area contributed by atoms with E-state index in [0.717, 1.165) is 0 Å². The van der Waals surface area contributed by atoms with Crippen LogP contribution in [0.1, 0.15) is 6.42 Å². The monoisotopic (exact) mass is 270 g/mol. The second-order valence-electron chi connectivity index (χ2n) is 4.01. The van der Waals surface area contributed by atoms with Crippen molar-refractivity contribution in [3.05, 3.63) is 40.4 Å². The first-order valence-corrected chi connectivity index (χ1v) is 6.01. The zero-order chi connectivity index (χ0) is 12.4. The summed E-state index contributed by atoms with van der Waals surface area (Å²) in [5.74, 6) is -0.243. The van der Waals surface area contributed by atoms with E-state index in [9.17, 15) is 4.79 Å². The summed E-state index contributed by atoms with van der Waals surface area (Å²) >= 11 is 11.7. The van der Waals surface area contributed by atoms with Gasteiger partial charge in [0.25, 0.3) is 0 Å². The zero-order valence-electron chi connectivity index (χ0n) is 8.99. The molecule has 3 N–H and O–H groups in total. The van der Waals surface area contributed by atoms with Crippen molar-refractivity contribution in [1.29, 1.82) is 0 Å². The molecule has 0 bridgehead atoms. The molecule has 0 radical (unpaired) electrons. The van der Waals surface area contributed by atoms with E-state index in [4.69, 9.17) is 28.9 Å². The number of nitrogens with one attached hydrogen (secondary N) is 1. The van der Waals surface area contributed by atoms with Crippen LogP contribution in [-0.2, 0) is 4.79 Å². The molecule has 1 aliphatic rings. The molecule has 0 aliphatic heterocycles. The number of rotatable bonds is 2. The van der Waals surface area contributed by atoms with Crippen LogP contribution < -0.4 is 11.1 Å². The molecule has 0 heterocycles. The largest absolute Gasteiger partial charge is 0.326 e. The maximum Gasteiger partial charge on any atom is 0.231 e. The third kappa shape index (κ3) is 3.00. The highest BCUT2D eigenvalue weighted by Crippen LogP contribution is 2.26. The van der Waals surface area contributed by atoms with Crippen molar-refractivity contribution in [2.45, 2.75) is 12.5 Å². The van der Waals surface area contributed by atoms with Crippen molar-refractivity contribution < 1.29 is 4.79 Å². The van der Waals surface area contributed by atoms with Gasteiger partial charge in [-0.15, -0.1) is 0 Å². The second-order valence-corrected chi connectivity index (χ2v) is 4.82. The Morgan fingerprint density at radius 3 is 2.65 bits per heavy atom. The van der Waals surface area contributed by atoms with E-state index >= 15 is 0 Å². The Hall–Kier alpha value is -1.03. The summed E-state index contributed by atoms with van der Waals surface area (Å²) in [5, 5.41) is 3.67. The molecule has 17 heavy (non-hydrogen) atoms. The van der Waals surface area contributed by atoms with Crippen molar-refractivity contribution in [3.63, 3.8) is 0 Å². The third-order valence-electron chi connectivity index (χ3n) is 2.64. The molecule has 2 unspecified atom stereocenters. The van der Waals surface area contributed by atoms with Crippen LogP contribution in [0.3, 0.4) is 0 Å². The highest BCUT2D eigenvalue weighted by molar-refractivity contribution is 6.42. The van der Waals surface area contributed by atoms with Crippen LogP contribution >= 0.6 is 23.2 Å². The summed E-state index contributed by atoms with van der Waals surface area (Å²) in [6.07, 6.45) is 4.32. The van der Waals surface area contributed by atoms with E-state index in [1.54, 1.807) is 18.2 Å². The van der Waals surface area contributed by atoms with Gasteiger partial charge in [0.05, 0.1) is 16.0 Å². The highest BCUT2D eigenvalue weighted by Gasteiger charge is 2.22. The molecule has 0 aromatic heterocycles. The molecule has 1 aliphatic carbocycles. The minimum Gasteiger partial charge on any atom is -0.326 e. The number of amides is 1. The SMILES string of the molecule is NC1C=CC(C(=O)Nc2ccc(Cl)c(Cl)c2)C1. The van der Waals surface area contributed by atoms with E-state index in [1.807, 2.05) is 12.2 Å². The third-order valence-corrected chi connectivity index (χ3v) is 3.38. The number of halogens is 2. The molecule has 1 aromatic carbocycles. The lowest BCUT2D eigenvalue weighted by molar-refractivity contribution is -0.118. The molecule has 90 valence electrons. The van der Waals surface area contributed by atoms with Crippen molar-refractivity contribution in [1.82, 2.24) is 0 Å². The van der Waals surface area contributed by atoms with Crippen LogP contribution in [0.5, 0.6) is 0 Å². The lowest BCUT2D eigenvalue weighted by atomic mass is 10.1. The first-order valence-electron chi connectivity index (χ1n) is 5.26. The van der Waals surface area contributed by atoms with Crippen molar-refractivity contribution in [2.24, 2.45) is 11.7 Å². The van der Waals surface area contributed by atoms with E-state index < -0.39 is 0 Å². The number of carbonyl (C=O) groups excluding carboxylic acids is 1. The minimum atomic E-state index is -0.167. The topological polar surface area (TPSA) is 55.1 Å². The molecule has 5 heteroatoms. The Balaban J connectivity index is 2.03. The molecule has 3 nitrogen and oxygen atoms in total. The Morgan fingerprint density at radius 1 is 1.29 bits per heavy atom. The van der Waals surface area contributed by atoms with Gasteiger partial charge in [-0.05, 0) is 24.6 Å². The molecule has 0 spiro atoms. The summed E-state index contributed by atoms with van der Waals surface area (Å²) in [6.45, 7) is 0. The molecule has 2 atom stereocenters. The van der Waals surface area contributed by atoms with Crippen molar-refractivity contribution in [2.75, 3.05) is 5.32 Å². The smallest absolute Gasteiger partial charge is 0.231 e. The second kappa shape index (κ2) is 5.08. The Kier molecular flexibility index (Phi) is 3.72. The van der Waals surface area contributed by atoms with Crippen molar-refractivity contribution >= 4 is 34.8 Å². The number of hydrogen-bond acceptors (Lipinski definition) is 2. The van der Waals surface area contributed by atoms with Crippen LogP contribution in [0.15, 0.2) is 30.4 Å². The molecule has 1 amide bonds.